The summed E-state index contributed by atoms with van der Waals surface area (Å²) in [6, 6.07) is 6.07. The Kier molecular flexibility index (Phi) is 5.33. The van der Waals surface area contributed by atoms with Crippen molar-refractivity contribution < 1.29 is 4.74 Å². The Labute approximate surface area is 115 Å². The molecule has 1 unspecified atom stereocenters. The van der Waals surface area contributed by atoms with Crippen molar-refractivity contribution in [1.82, 2.24) is 5.32 Å². The van der Waals surface area contributed by atoms with Crippen molar-refractivity contribution in [2.24, 2.45) is 5.92 Å². The van der Waals surface area contributed by atoms with Crippen LogP contribution in [0.25, 0.3) is 0 Å². The molecule has 1 saturated heterocycles. The third-order valence-electron chi connectivity index (χ3n) is 3.59. The molecule has 100 valence electrons. The monoisotopic (exact) mass is 267 g/mol. The van der Waals surface area contributed by atoms with Crippen LogP contribution in [0.2, 0.25) is 5.02 Å². The maximum atomic E-state index is 6.19. The molecule has 0 aliphatic carbocycles. The molecule has 2 nitrogen and oxygen atoms in total. The largest absolute Gasteiger partial charge is 0.492 e. The predicted molar refractivity (Wildman–Crippen MR) is 76.5 cm³/mol. The number of rotatable bonds is 5. The first kappa shape index (κ1) is 13.7. The normalized spacial score (nSPS) is 19.8. The summed E-state index contributed by atoms with van der Waals surface area (Å²) in [6.45, 7) is 5.19. The number of aryl methyl sites for hydroxylation is 1. The van der Waals surface area contributed by atoms with Gasteiger partial charge >= 0.3 is 0 Å². The average Bonchev–Trinajstić information content (AvgIpc) is 2.42. The topological polar surface area (TPSA) is 21.3 Å². The lowest BCUT2D eigenvalue weighted by Crippen LogP contribution is -2.30. The molecule has 1 fully saturated rings. The Morgan fingerprint density at radius 3 is 3.00 bits per heavy atom. The summed E-state index contributed by atoms with van der Waals surface area (Å²) in [6.07, 6.45) is 4.72. The van der Waals surface area contributed by atoms with Crippen molar-refractivity contribution in [1.29, 1.82) is 0 Å². The van der Waals surface area contributed by atoms with E-state index < -0.39 is 0 Å². The first-order chi connectivity index (χ1) is 8.79. The molecule has 18 heavy (non-hydrogen) atoms. The Morgan fingerprint density at radius 1 is 1.44 bits per heavy atom. The Hall–Kier alpha value is -0.730. The van der Waals surface area contributed by atoms with Crippen molar-refractivity contribution in [3.8, 4) is 5.75 Å². The molecule has 0 aromatic heterocycles. The number of halogens is 1. The quantitative estimate of drug-likeness (QED) is 0.879. The van der Waals surface area contributed by atoms with Crippen LogP contribution < -0.4 is 10.1 Å². The number of hydrogen-bond donors (Lipinski definition) is 1. The minimum absolute atomic E-state index is 0.733. The van der Waals surface area contributed by atoms with Gasteiger partial charge in [0, 0.05) is 0 Å². The van der Waals surface area contributed by atoms with Crippen molar-refractivity contribution in [3.63, 3.8) is 0 Å². The molecular weight excluding hydrogens is 246 g/mol. The fraction of sp³-hybridized carbons (Fsp3) is 0.600. The lowest BCUT2D eigenvalue weighted by Gasteiger charge is -2.22. The van der Waals surface area contributed by atoms with Gasteiger partial charge in [0.2, 0.25) is 0 Å². The number of ether oxygens (including phenoxy) is 1. The van der Waals surface area contributed by atoms with Gasteiger partial charge in [-0.1, -0.05) is 24.6 Å². The van der Waals surface area contributed by atoms with Gasteiger partial charge in [-0.3, -0.25) is 0 Å². The van der Waals surface area contributed by atoms with E-state index in [4.69, 9.17) is 16.3 Å². The molecule has 1 heterocycles. The van der Waals surface area contributed by atoms with Crippen LogP contribution in [0, 0.1) is 5.92 Å². The van der Waals surface area contributed by atoms with Crippen LogP contribution in [-0.4, -0.2) is 19.7 Å². The second kappa shape index (κ2) is 7.01. The van der Waals surface area contributed by atoms with Crippen molar-refractivity contribution in [3.05, 3.63) is 28.8 Å². The maximum absolute atomic E-state index is 6.19. The molecule has 0 bridgehead atoms. The smallest absolute Gasteiger partial charge is 0.137 e. The van der Waals surface area contributed by atoms with Gasteiger partial charge < -0.3 is 10.1 Å². The summed E-state index contributed by atoms with van der Waals surface area (Å²) >= 11 is 6.19. The van der Waals surface area contributed by atoms with E-state index >= 15 is 0 Å². The number of benzene rings is 1. The van der Waals surface area contributed by atoms with Crippen molar-refractivity contribution in [2.45, 2.75) is 32.6 Å². The van der Waals surface area contributed by atoms with Gasteiger partial charge in [0.25, 0.3) is 0 Å². The van der Waals surface area contributed by atoms with E-state index in [-0.39, 0.29) is 0 Å². The van der Waals surface area contributed by atoms with Crippen LogP contribution in [-0.2, 0) is 6.42 Å². The van der Waals surface area contributed by atoms with Crippen LogP contribution in [0.5, 0.6) is 5.75 Å². The van der Waals surface area contributed by atoms with E-state index in [1.54, 1.807) is 0 Å². The first-order valence-corrected chi connectivity index (χ1v) is 7.29. The molecule has 0 radical (unpaired) electrons. The highest BCUT2D eigenvalue weighted by Crippen LogP contribution is 2.26. The molecule has 0 amide bonds. The lowest BCUT2D eigenvalue weighted by molar-refractivity contribution is 0.254. The predicted octanol–water partition coefficient (Wildman–Crippen LogP) is 3.67. The standard InChI is InChI=1S/C15H22ClNO/c1-2-12-5-6-15(14(16)10-12)18-9-7-13-4-3-8-17-11-13/h5-6,10,13,17H,2-4,7-9,11H2,1H3. The van der Waals surface area contributed by atoms with Crippen LogP contribution in [0.15, 0.2) is 18.2 Å². The summed E-state index contributed by atoms with van der Waals surface area (Å²) in [5, 5.41) is 4.16. The highest BCUT2D eigenvalue weighted by Gasteiger charge is 2.13. The van der Waals surface area contributed by atoms with Gasteiger partial charge in [0.05, 0.1) is 11.6 Å². The summed E-state index contributed by atoms with van der Waals surface area (Å²) in [5.74, 6) is 1.57. The first-order valence-electron chi connectivity index (χ1n) is 6.91. The summed E-state index contributed by atoms with van der Waals surface area (Å²) < 4.78 is 5.78. The second-order valence-corrected chi connectivity index (χ2v) is 5.38. The van der Waals surface area contributed by atoms with Gasteiger partial charge in [0.1, 0.15) is 5.75 Å². The highest BCUT2D eigenvalue weighted by atomic mass is 35.5. The van der Waals surface area contributed by atoms with E-state index in [0.29, 0.717) is 0 Å². The molecule has 1 aromatic rings. The van der Waals surface area contributed by atoms with E-state index in [2.05, 4.69) is 18.3 Å². The number of piperidine rings is 1. The van der Waals surface area contributed by atoms with Gasteiger partial charge in [-0.25, -0.2) is 0 Å². The molecule has 1 aromatic carbocycles. The van der Waals surface area contributed by atoms with Crippen molar-refractivity contribution >= 4 is 11.6 Å². The van der Waals surface area contributed by atoms with Crippen LogP contribution in [0.4, 0.5) is 0 Å². The molecule has 0 spiro atoms. The number of nitrogens with one attached hydrogen (secondary N) is 1. The second-order valence-electron chi connectivity index (χ2n) is 4.97. The zero-order valence-corrected chi connectivity index (χ0v) is 11.8. The maximum Gasteiger partial charge on any atom is 0.137 e. The zero-order chi connectivity index (χ0) is 12.8. The molecule has 0 saturated carbocycles. The fourth-order valence-corrected chi connectivity index (χ4v) is 2.64. The minimum atomic E-state index is 0.733. The third-order valence-corrected chi connectivity index (χ3v) is 3.88. The highest BCUT2D eigenvalue weighted by molar-refractivity contribution is 6.32. The summed E-state index contributed by atoms with van der Waals surface area (Å²) in [5.41, 5.74) is 1.25. The SMILES string of the molecule is CCc1ccc(OCCC2CCCNC2)c(Cl)c1. The Bertz CT molecular complexity index is 375. The molecule has 2 rings (SSSR count). The van der Waals surface area contributed by atoms with Crippen LogP contribution in [0.1, 0.15) is 31.7 Å². The van der Waals surface area contributed by atoms with Crippen molar-refractivity contribution in [2.75, 3.05) is 19.7 Å². The van der Waals surface area contributed by atoms with E-state index in [1.807, 2.05) is 12.1 Å². The van der Waals surface area contributed by atoms with Gasteiger partial charge in [-0.05, 0) is 62.4 Å². The average molecular weight is 268 g/mol. The zero-order valence-electron chi connectivity index (χ0n) is 11.0. The van der Waals surface area contributed by atoms with E-state index in [0.717, 1.165) is 42.7 Å². The molecule has 1 aliphatic heterocycles. The lowest BCUT2D eigenvalue weighted by atomic mass is 9.97. The van der Waals surface area contributed by atoms with E-state index in [9.17, 15) is 0 Å². The molecule has 1 aliphatic rings. The molecule has 1 N–H and O–H groups in total. The fourth-order valence-electron chi connectivity index (χ4n) is 2.39. The van der Waals surface area contributed by atoms with Gasteiger partial charge in [0.15, 0.2) is 0 Å². The van der Waals surface area contributed by atoms with Crippen LogP contribution >= 0.6 is 11.6 Å². The minimum Gasteiger partial charge on any atom is -0.492 e. The molecule has 1 atom stereocenters. The molecule has 3 heteroatoms. The third kappa shape index (κ3) is 3.89. The van der Waals surface area contributed by atoms with Crippen LogP contribution in [0.3, 0.4) is 0 Å². The number of hydrogen-bond acceptors (Lipinski definition) is 2. The summed E-state index contributed by atoms with van der Waals surface area (Å²) in [7, 11) is 0. The van der Waals surface area contributed by atoms with Gasteiger partial charge in [-0.2, -0.15) is 0 Å². The summed E-state index contributed by atoms with van der Waals surface area (Å²) in [4.78, 5) is 0. The van der Waals surface area contributed by atoms with E-state index in [1.165, 1.54) is 24.9 Å². The van der Waals surface area contributed by atoms with Gasteiger partial charge in [-0.15, -0.1) is 0 Å². The Morgan fingerprint density at radius 2 is 2.33 bits per heavy atom. The Balaban J connectivity index is 1.79. The molecular formula is C15H22ClNO.